The van der Waals surface area contributed by atoms with Crippen molar-refractivity contribution >= 4 is 29.4 Å². The maximum absolute atomic E-state index is 12.1. The number of methoxy groups -OCH3 is 1. The zero-order valence-electron chi connectivity index (χ0n) is 15.8. The largest absolute Gasteiger partial charge is 0.497 e. The first-order chi connectivity index (χ1) is 14.1. The van der Waals surface area contributed by atoms with Gasteiger partial charge in [-0.2, -0.15) is 0 Å². The number of thioether (sulfide) groups is 1. The number of rotatable bonds is 8. The van der Waals surface area contributed by atoms with E-state index >= 15 is 0 Å². The number of carbonyl (C=O) groups is 2. The third-order valence-corrected chi connectivity index (χ3v) is 4.81. The fraction of sp³-hybridized carbons (Fsp3) is 0.143. The van der Waals surface area contributed by atoms with Crippen LogP contribution >= 0.6 is 11.8 Å². The number of aromatic nitrogens is 2. The van der Waals surface area contributed by atoms with E-state index in [1.54, 1.807) is 43.5 Å². The lowest BCUT2D eigenvalue weighted by Gasteiger charge is -2.07. The summed E-state index contributed by atoms with van der Waals surface area (Å²) >= 11 is 1.27. The Bertz CT molecular complexity index is 965. The summed E-state index contributed by atoms with van der Waals surface area (Å²) in [5, 5.41) is 14.2. The monoisotopic (exact) mass is 408 g/mol. The molecule has 1 heterocycles. The predicted octanol–water partition coefficient (Wildman–Crippen LogP) is 3.15. The van der Waals surface area contributed by atoms with Gasteiger partial charge >= 0.3 is 0 Å². The quantitative estimate of drug-likeness (QED) is 0.556. The number of nitrogens with one attached hydrogen (secondary N) is 2. The van der Waals surface area contributed by atoms with Crippen LogP contribution in [-0.2, 0) is 11.3 Å². The molecule has 0 fully saturated rings. The lowest BCUT2D eigenvalue weighted by atomic mass is 10.2. The first-order valence-corrected chi connectivity index (χ1v) is 9.85. The van der Waals surface area contributed by atoms with Gasteiger partial charge < -0.3 is 15.4 Å². The summed E-state index contributed by atoms with van der Waals surface area (Å²) in [5.41, 5.74) is 1.50. The van der Waals surface area contributed by atoms with Crippen LogP contribution in [0.25, 0.3) is 0 Å². The maximum atomic E-state index is 12.1. The number of ether oxygens (including phenoxy) is 1. The molecule has 0 radical (unpaired) electrons. The summed E-state index contributed by atoms with van der Waals surface area (Å²) in [4.78, 5) is 24.1. The normalized spacial score (nSPS) is 10.2. The highest BCUT2D eigenvalue weighted by molar-refractivity contribution is 7.99. The van der Waals surface area contributed by atoms with Crippen molar-refractivity contribution in [3.63, 3.8) is 0 Å². The van der Waals surface area contributed by atoms with Gasteiger partial charge in [-0.05, 0) is 42.0 Å². The predicted molar refractivity (Wildman–Crippen MR) is 112 cm³/mol. The molecule has 29 heavy (non-hydrogen) atoms. The topological polar surface area (TPSA) is 93.2 Å². The van der Waals surface area contributed by atoms with Gasteiger partial charge in [-0.15, -0.1) is 10.2 Å². The van der Waals surface area contributed by atoms with Crippen molar-refractivity contribution in [2.75, 3.05) is 18.2 Å². The molecule has 148 valence electrons. The molecule has 8 heteroatoms. The molecule has 0 aliphatic rings. The average molecular weight is 408 g/mol. The van der Waals surface area contributed by atoms with Crippen LogP contribution in [0.1, 0.15) is 15.9 Å². The maximum Gasteiger partial charge on any atom is 0.256 e. The van der Waals surface area contributed by atoms with Gasteiger partial charge in [-0.1, -0.05) is 42.1 Å². The number of carbonyl (C=O) groups excluding carboxylic acids is 2. The third-order valence-electron chi connectivity index (χ3n) is 3.89. The van der Waals surface area contributed by atoms with Crippen molar-refractivity contribution in [1.29, 1.82) is 0 Å². The zero-order chi connectivity index (χ0) is 20.5. The van der Waals surface area contributed by atoms with Crippen LogP contribution < -0.4 is 15.4 Å². The Labute approximate surface area is 172 Å². The summed E-state index contributed by atoms with van der Waals surface area (Å²) in [5.74, 6) is 0.957. The number of amides is 2. The van der Waals surface area contributed by atoms with E-state index < -0.39 is 0 Å². The minimum absolute atomic E-state index is 0.110. The lowest BCUT2D eigenvalue weighted by molar-refractivity contribution is -0.118. The number of hydrogen-bond donors (Lipinski definition) is 2. The highest BCUT2D eigenvalue weighted by Crippen LogP contribution is 2.16. The fourth-order valence-corrected chi connectivity index (χ4v) is 3.06. The Balaban J connectivity index is 1.44. The summed E-state index contributed by atoms with van der Waals surface area (Å²) in [6.07, 6.45) is 0. The molecule has 7 nitrogen and oxygen atoms in total. The Morgan fingerprint density at radius 2 is 1.83 bits per heavy atom. The van der Waals surface area contributed by atoms with Gasteiger partial charge in [0.1, 0.15) is 10.8 Å². The molecular formula is C21H20N4O3S. The summed E-state index contributed by atoms with van der Waals surface area (Å²) in [7, 11) is 1.60. The van der Waals surface area contributed by atoms with E-state index in [9.17, 15) is 9.59 Å². The molecule has 0 spiro atoms. The average Bonchev–Trinajstić information content (AvgIpc) is 2.78. The molecule has 0 unspecified atom stereocenters. The van der Waals surface area contributed by atoms with Crippen molar-refractivity contribution < 1.29 is 14.3 Å². The second kappa shape index (κ2) is 10.2. The number of nitrogens with zero attached hydrogens (tertiary/aromatic N) is 2. The molecule has 0 aliphatic heterocycles. The van der Waals surface area contributed by atoms with Gasteiger partial charge in [0, 0.05) is 12.1 Å². The summed E-state index contributed by atoms with van der Waals surface area (Å²) in [6.45, 7) is 0.423. The van der Waals surface area contributed by atoms with Gasteiger partial charge in [-0.25, -0.2) is 0 Å². The molecule has 3 aromatic rings. The first kappa shape index (κ1) is 20.3. The van der Waals surface area contributed by atoms with E-state index in [2.05, 4.69) is 20.8 Å². The van der Waals surface area contributed by atoms with Crippen molar-refractivity contribution in [3.8, 4) is 5.75 Å². The Morgan fingerprint density at radius 1 is 1.00 bits per heavy atom. The molecule has 0 atom stereocenters. The fourth-order valence-electron chi connectivity index (χ4n) is 2.42. The van der Waals surface area contributed by atoms with Crippen LogP contribution in [0.4, 0.5) is 5.82 Å². The Kier molecular flexibility index (Phi) is 7.18. The van der Waals surface area contributed by atoms with Gasteiger partial charge in [-0.3, -0.25) is 9.59 Å². The van der Waals surface area contributed by atoms with Crippen LogP contribution in [0.2, 0.25) is 0 Å². The van der Waals surface area contributed by atoms with Crippen LogP contribution in [-0.4, -0.2) is 34.9 Å². The van der Waals surface area contributed by atoms with E-state index in [1.807, 2.05) is 30.3 Å². The van der Waals surface area contributed by atoms with E-state index in [0.29, 0.717) is 23.0 Å². The van der Waals surface area contributed by atoms with E-state index in [-0.39, 0.29) is 17.6 Å². The SMILES string of the molecule is COc1cccc(CNC(=O)CSc2ccc(NC(=O)c3ccccc3)nn2)c1. The summed E-state index contributed by atoms with van der Waals surface area (Å²) in [6, 6.07) is 19.8. The number of benzene rings is 2. The Morgan fingerprint density at radius 3 is 2.55 bits per heavy atom. The van der Waals surface area contributed by atoms with Crippen LogP contribution in [0.5, 0.6) is 5.75 Å². The molecule has 0 saturated carbocycles. The molecular weight excluding hydrogens is 388 g/mol. The number of anilines is 1. The van der Waals surface area contributed by atoms with E-state index in [0.717, 1.165) is 11.3 Å². The molecule has 3 rings (SSSR count). The second-order valence-electron chi connectivity index (χ2n) is 5.99. The van der Waals surface area contributed by atoms with Crippen molar-refractivity contribution in [2.24, 2.45) is 0 Å². The van der Waals surface area contributed by atoms with E-state index in [4.69, 9.17) is 4.74 Å². The van der Waals surface area contributed by atoms with Gasteiger partial charge in [0.05, 0.1) is 12.9 Å². The molecule has 0 aliphatic carbocycles. The highest BCUT2D eigenvalue weighted by Gasteiger charge is 2.08. The third kappa shape index (κ3) is 6.32. The number of hydrogen-bond acceptors (Lipinski definition) is 6. The molecule has 2 N–H and O–H groups in total. The lowest BCUT2D eigenvalue weighted by Crippen LogP contribution is -2.24. The molecule has 1 aromatic heterocycles. The zero-order valence-corrected chi connectivity index (χ0v) is 16.6. The van der Waals surface area contributed by atoms with E-state index in [1.165, 1.54) is 11.8 Å². The van der Waals surface area contributed by atoms with Gasteiger partial charge in [0.2, 0.25) is 5.91 Å². The molecule has 2 amide bonds. The minimum atomic E-state index is -0.253. The van der Waals surface area contributed by atoms with Gasteiger partial charge in [0.25, 0.3) is 5.91 Å². The standard InChI is InChI=1S/C21H20N4O3S/c1-28-17-9-5-6-15(12-17)13-22-19(26)14-29-20-11-10-18(24-25-20)23-21(27)16-7-3-2-4-8-16/h2-12H,13-14H2,1H3,(H,22,26)(H,23,24,27). The first-order valence-electron chi connectivity index (χ1n) is 8.86. The Hall–Kier alpha value is -3.39. The van der Waals surface area contributed by atoms with Crippen LogP contribution in [0, 0.1) is 0 Å². The molecule has 0 saturated heterocycles. The van der Waals surface area contributed by atoms with Gasteiger partial charge in [0.15, 0.2) is 5.82 Å². The summed E-state index contributed by atoms with van der Waals surface area (Å²) < 4.78 is 5.17. The minimum Gasteiger partial charge on any atom is -0.497 e. The highest BCUT2D eigenvalue weighted by atomic mass is 32.2. The molecule has 0 bridgehead atoms. The second-order valence-corrected chi connectivity index (χ2v) is 6.99. The smallest absolute Gasteiger partial charge is 0.256 e. The van der Waals surface area contributed by atoms with Crippen LogP contribution in [0.15, 0.2) is 71.8 Å². The van der Waals surface area contributed by atoms with Crippen LogP contribution in [0.3, 0.4) is 0 Å². The van der Waals surface area contributed by atoms with Crippen molar-refractivity contribution in [2.45, 2.75) is 11.6 Å². The molecule has 2 aromatic carbocycles. The van der Waals surface area contributed by atoms with Crippen molar-refractivity contribution in [3.05, 3.63) is 77.9 Å². The van der Waals surface area contributed by atoms with Crippen molar-refractivity contribution in [1.82, 2.24) is 15.5 Å².